The van der Waals surface area contributed by atoms with Crippen LogP contribution in [-0.2, 0) is 6.42 Å². The molecular formula is C17H19NO3. The molecule has 4 heteroatoms. The molecule has 0 bridgehead atoms. The van der Waals surface area contributed by atoms with Crippen molar-refractivity contribution in [3.8, 4) is 17.2 Å². The highest BCUT2D eigenvalue weighted by Gasteiger charge is 2.22. The predicted octanol–water partition coefficient (Wildman–Crippen LogP) is 3.51. The maximum Gasteiger partial charge on any atom is 0.162 e. The van der Waals surface area contributed by atoms with Gasteiger partial charge >= 0.3 is 0 Å². The molecule has 2 N–H and O–H groups in total. The van der Waals surface area contributed by atoms with Gasteiger partial charge in [0.1, 0.15) is 5.75 Å². The summed E-state index contributed by atoms with van der Waals surface area (Å²) in [5.74, 6) is 1.77. The third-order valence-electron chi connectivity index (χ3n) is 3.93. The van der Waals surface area contributed by atoms with Crippen LogP contribution in [0.15, 0.2) is 36.4 Å². The van der Waals surface area contributed by atoms with Crippen molar-refractivity contribution in [2.45, 2.75) is 18.9 Å². The van der Waals surface area contributed by atoms with E-state index in [4.69, 9.17) is 9.47 Å². The number of aromatic hydroxyl groups is 1. The quantitative estimate of drug-likeness (QED) is 0.902. The summed E-state index contributed by atoms with van der Waals surface area (Å²) in [4.78, 5) is 0. The molecule has 0 heterocycles. The Morgan fingerprint density at radius 3 is 2.62 bits per heavy atom. The van der Waals surface area contributed by atoms with Gasteiger partial charge in [0.2, 0.25) is 0 Å². The number of rotatable bonds is 4. The first-order valence-electron chi connectivity index (χ1n) is 7.01. The number of fused-ring (bicyclic) bond motifs is 1. The lowest BCUT2D eigenvalue weighted by atomic mass is 10.1. The summed E-state index contributed by atoms with van der Waals surface area (Å²) in [6.45, 7) is 0. The van der Waals surface area contributed by atoms with Gasteiger partial charge in [-0.1, -0.05) is 6.07 Å². The Balaban J connectivity index is 1.83. The average molecular weight is 285 g/mol. The molecule has 2 aromatic rings. The van der Waals surface area contributed by atoms with Gasteiger partial charge < -0.3 is 19.9 Å². The maximum absolute atomic E-state index is 9.55. The van der Waals surface area contributed by atoms with E-state index in [1.54, 1.807) is 20.3 Å². The second-order valence-electron chi connectivity index (χ2n) is 5.19. The van der Waals surface area contributed by atoms with Crippen LogP contribution in [0.5, 0.6) is 17.2 Å². The van der Waals surface area contributed by atoms with Gasteiger partial charge in [0.15, 0.2) is 11.5 Å². The first kappa shape index (κ1) is 13.6. The minimum Gasteiger partial charge on any atom is -0.508 e. The highest BCUT2D eigenvalue weighted by atomic mass is 16.5. The van der Waals surface area contributed by atoms with E-state index in [0.717, 1.165) is 24.3 Å². The summed E-state index contributed by atoms with van der Waals surface area (Å²) in [5.41, 5.74) is 3.47. The van der Waals surface area contributed by atoms with Crippen LogP contribution in [0.4, 0.5) is 5.69 Å². The van der Waals surface area contributed by atoms with E-state index in [-0.39, 0.29) is 6.04 Å². The van der Waals surface area contributed by atoms with Gasteiger partial charge in [-0.15, -0.1) is 0 Å². The Hall–Kier alpha value is -2.36. The Morgan fingerprint density at radius 2 is 1.86 bits per heavy atom. The molecule has 2 aromatic carbocycles. The summed E-state index contributed by atoms with van der Waals surface area (Å²) >= 11 is 0. The Kier molecular flexibility index (Phi) is 3.60. The lowest BCUT2D eigenvalue weighted by Gasteiger charge is -2.17. The number of phenols is 1. The highest BCUT2D eigenvalue weighted by molar-refractivity contribution is 5.56. The van der Waals surface area contributed by atoms with Crippen molar-refractivity contribution < 1.29 is 14.6 Å². The number of phenolic OH excluding ortho intramolecular Hbond substituents is 1. The lowest BCUT2D eigenvalue weighted by molar-refractivity contribution is 0.355. The van der Waals surface area contributed by atoms with Crippen LogP contribution in [0.2, 0.25) is 0 Å². The number of aryl methyl sites for hydroxylation is 1. The van der Waals surface area contributed by atoms with Gasteiger partial charge in [0.25, 0.3) is 0 Å². The van der Waals surface area contributed by atoms with Crippen molar-refractivity contribution in [3.63, 3.8) is 0 Å². The summed E-state index contributed by atoms with van der Waals surface area (Å²) in [6, 6.07) is 11.7. The van der Waals surface area contributed by atoms with Crippen molar-refractivity contribution in [2.75, 3.05) is 19.5 Å². The molecule has 0 saturated heterocycles. The molecule has 0 aliphatic heterocycles. The van der Waals surface area contributed by atoms with Crippen molar-refractivity contribution >= 4 is 5.69 Å². The molecule has 1 aliphatic rings. The van der Waals surface area contributed by atoms with Gasteiger partial charge in [-0.05, 0) is 48.2 Å². The van der Waals surface area contributed by atoms with Crippen molar-refractivity contribution in [2.24, 2.45) is 0 Å². The summed E-state index contributed by atoms with van der Waals surface area (Å²) in [6.07, 6.45) is 2.00. The van der Waals surface area contributed by atoms with Crippen LogP contribution < -0.4 is 14.8 Å². The number of hydrogen-bond donors (Lipinski definition) is 2. The zero-order chi connectivity index (χ0) is 14.8. The number of hydrogen-bond acceptors (Lipinski definition) is 4. The van der Waals surface area contributed by atoms with E-state index in [9.17, 15) is 5.11 Å². The summed E-state index contributed by atoms with van der Waals surface area (Å²) < 4.78 is 10.6. The largest absolute Gasteiger partial charge is 0.508 e. The van der Waals surface area contributed by atoms with E-state index in [1.807, 2.05) is 30.3 Å². The summed E-state index contributed by atoms with van der Waals surface area (Å²) in [5, 5.41) is 13.1. The van der Waals surface area contributed by atoms with Crippen LogP contribution in [-0.4, -0.2) is 19.3 Å². The van der Waals surface area contributed by atoms with Crippen molar-refractivity contribution in [1.82, 2.24) is 0 Å². The van der Waals surface area contributed by atoms with Crippen LogP contribution in [0.1, 0.15) is 23.6 Å². The standard InChI is InChI=1S/C17H19NO3/c1-20-16-8-4-12(10-17(16)21-2)18-15-7-3-11-9-13(19)5-6-14(11)15/h4-6,8-10,15,18-19H,3,7H2,1-2H3. The fraction of sp³-hybridized carbons (Fsp3) is 0.294. The highest BCUT2D eigenvalue weighted by Crippen LogP contribution is 2.37. The van der Waals surface area contributed by atoms with Crippen LogP contribution >= 0.6 is 0 Å². The fourth-order valence-corrected chi connectivity index (χ4v) is 2.88. The molecule has 0 saturated carbocycles. The fourth-order valence-electron chi connectivity index (χ4n) is 2.88. The second-order valence-corrected chi connectivity index (χ2v) is 5.19. The number of methoxy groups -OCH3 is 2. The second kappa shape index (κ2) is 5.56. The molecule has 1 unspecified atom stereocenters. The first-order chi connectivity index (χ1) is 10.2. The van der Waals surface area contributed by atoms with E-state index >= 15 is 0 Å². The normalized spacial score (nSPS) is 16.4. The molecule has 0 aromatic heterocycles. The third-order valence-corrected chi connectivity index (χ3v) is 3.93. The van der Waals surface area contributed by atoms with Gasteiger partial charge in [0, 0.05) is 11.8 Å². The first-order valence-corrected chi connectivity index (χ1v) is 7.01. The number of benzene rings is 2. The van der Waals surface area contributed by atoms with E-state index in [0.29, 0.717) is 11.5 Å². The number of anilines is 1. The number of nitrogens with one attached hydrogen (secondary N) is 1. The van der Waals surface area contributed by atoms with Crippen molar-refractivity contribution in [1.29, 1.82) is 0 Å². The number of ether oxygens (including phenoxy) is 2. The Labute approximate surface area is 124 Å². The lowest BCUT2D eigenvalue weighted by Crippen LogP contribution is -2.07. The van der Waals surface area contributed by atoms with Crippen molar-refractivity contribution in [3.05, 3.63) is 47.5 Å². The molecule has 4 nitrogen and oxygen atoms in total. The van der Waals surface area contributed by atoms with E-state index in [2.05, 4.69) is 5.32 Å². The van der Waals surface area contributed by atoms with E-state index in [1.165, 1.54) is 11.1 Å². The smallest absolute Gasteiger partial charge is 0.162 e. The zero-order valence-corrected chi connectivity index (χ0v) is 12.2. The third kappa shape index (κ3) is 2.61. The average Bonchev–Trinajstić information content (AvgIpc) is 2.89. The van der Waals surface area contributed by atoms with Gasteiger partial charge in [-0.3, -0.25) is 0 Å². The molecule has 1 atom stereocenters. The van der Waals surface area contributed by atoms with E-state index < -0.39 is 0 Å². The topological polar surface area (TPSA) is 50.7 Å². The van der Waals surface area contributed by atoms with Crippen LogP contribution in [0.3, 0.4) is 0 Å². The maximum atomic E-state index is 9.55. The summed E-state index contributed by atoms with van der Waals surface area (Å²) in [7, 11) is 3.26. The molecule has 0 spiro atoms. The van der Waals surface area contributed by atoms with Crippen LogP contribution in [0, 0.1) is 0 Å². The molecule has 0 amide bonds. The minimum atomic E-state index is 0.263. The zero-order valence-electron chi connectivity index (χ0n) is 12.2. The van der Waals surface area contributed by atoms with Crippen LogP contribution in [0.25, 0.3) is 0 Å². The monoisotopic (exact) mass is 285 g/mol. The molecule has 110 valence electrons. The molecule has 21 heavy (non-hydrogen) atoms. The molecule has 3 rings (SSSR count). The molecular weight excluding hydrogens is 266 g/mol. The molecule has 0 fully saturated rings. The Bertz CT molecular complexity index is 654. The minimum absolute atomic E-state index is 0.263. The predicted molar refractivity (Wildman–Crippen MR) is 82.3 cm³/mol. The van der Waals surface area contributed by atoms with Gasteiger partial charge in [0.05, 0.1) is 20.3 Å². The SMILES string of the molecule is COc1ccc(NC2CCc3cc(O)ccc32)cc1OC. The molecule has 1 aliphatic carbocycles. The molecule has 0 radical (unpaired) electrons. The van der Waals surface area contributed by atoms with Gasteiger partial charge in [-0.2, -0.15) is 0 Å². The van der Waals surface area contributed by atoms with Gasteiger partial charge in [-0.25, -0.2) is 0 Å². The Morgan fingerprint density at radius 1 is 1.05 bits per heavy atom.